The molecule has 24 heavy (non-hydrogen) atoms. The largest absolute Gasteiger partial charge is 0.504 e. The summed E-state index contributed by atoms with van der Waals surface area (Å²) >= 11 is 3.36. The molecule has 0 saturated carbocycles. The molecule has 2 aromatic carbocycles. The minimum atomic E-state index is 0.0831. The molecule has 0 saturated heterocycles. The standard InChI is InChI=1S/C18H18BrN3O2/c1-12-5-2-3-6-14(12)22-18-13-9-16(23)17(24-8-4-7-19)10-15(13)20-11-21-18/h2-3,5-6,9-11,23H,4,7-8H2,1H3,(H,20,21,22). The molecule has 1 heterocycles. The molecule has 0 spiro atoms. The molecule has 0 unspecified atom stereocenters. The number of nitrogens with zero attached hydrogens (tertiary/aromatic N) is 2. The molecule has 2 N–H and O–H groups in total. The first-order valence-electron chi connectivity index (χ1n) is 7.68. The van der Waals surface area contributed by atoms with Crippen LogP contribution in [0.25, 0.3) is 10.9 Å². The topological polar surface area (TPSA) is 67.3 Å². The van der Waals surface area contributed by atoms with Crippen LogP contribution >= 0.6 is 15.9 Å². The van der Waals surface area contributed by atoms with E-state index in [-0.39, 0.29) is 5.75 Å². The summed E-state index contributed by atoms with van der Waals surface area (Å²) in [7, 11) is 0. The zero-order chi connectivity index (χ0) is 16.9. The Bertz CT molecular complexity index is 855. The lowest BCUT2D eigenvalue weighted by atomic mass is 10.1. The van der Waals surface area contributed by atoms with E-state index in [4.69, 9.17) is 4.74 Å². The summed E-state index contributed by atoms with van der Waals surface area (Å²) in [5, 5.41) is 15.1. The number of nitrogens with one attached hydrogen (secondary N) is 1. The molecule has 124 valence electrons. The fourth-order valence-electron chi connectivity index (χ4n) is 2.37. The van der Waals surface area contributed by atoms with Crippen molar-refractivity contribution >= 4 is 38.3 Å². The minimum Gasteiger partial charge on any atom is -0.504 e. The van der Waals surface area contributed by atoms with Gasteiger partial charge in [0.2, 0.25) is 0 Å². The number of hydrogen-bond acceptors (Lipinski definition) is 5. The highest BCUT2D eigenvalue weighted by Gasteiger charge is 2.11. The number of rotatable bonds is 6. The molecule has 0 bridgehead atoms. The van der Waals surface area contributed by atoms with E-state index in [1.54, 1.807) is 12.1 Å². The smallest absolute Gasteiger partial charge is 0.163 e. The van der Waals surface area contributed by atoms with Gasteiger partial charge >= 0.3 is 0 Å². The molecule has 6 heteroatoms. The van der Waals surface area contributed by atoms with Gasteiger partial charge in [0.15, 0.2) is 11.5 Å². The molecule has 0 aliphatic heterocycles. The number of phenols is 1. The summed E-state index contributed by atoms with van der Waals surface area (Å²) in [5.41, 5.74) is 2.80. The number of para-hydroxylation sites is 1. The third-order valence-corrected chi connectivity index (χ3v) is 4.21. The van der Waals surface area contributed by atoms with Crippen LogP contribution in [-0.2, 0) is 0 Å². The third-order valence-electron chi connectivity index (χ3n) is 3.65. The van der Waals surface area contributed by atoms with Gasteiger partial charge in [0.1, 0.15) is 12.1 Å². The molecule has 0 fully saturated rings. The van der Waals surface area contributed by atoms with E-state index < -0.39 is 0 Å². The highest BCUT2D eigenvalue weighted by atomic mass is 79.9. The van der Waals surface area contributed by atoms with E-state index in [2.05, 4.69) is 31.2 Å². The number of phenolic OH excluding ortho intramolecular Hbond substituents is 1. The Morgan fingerprint density at radius 2 is 2.04 bits per heavy atom. The first-order chi connectivity index (χ1) is 11.7. The zero-order valence-electron chi connectivity index (χ0n) is 13.3. The second kappa shape index (κ2) is 7.49. The molecular formula is C18H18BrN3O2. The van der Waals surface area contributed by atoms with Gasteiger partial charge in [0.25, 0.3) is 0 Å². The Balaban J connectivity index is 1.95. The molecule has 0 amide bonds. The fraction of sp³-hybridized carbons (Fsp3) is 0.222. The lowest BCUT2D eigenvalue weighted by Gasteiger charge is -2.12. The van der Waals surface area contributed by atoms with Crippen molar-refractivity contribution in [2.75, 3.05) is 17.3 Å². The Morgan fingerprint density at radius 1 is 1.21 bits per heavy atom. The molecule has 0 aliphatic rings. The SMILES string of the molecule is Cc1ccccc1Nc1ncnc2cc(OCCCBr)c(O)cc12. The average Bonchev–Trinajstić information content (AvgIpc) is 2.58. The van der Waals surface area contributed by atoms with E-state index in [9.17, 15) is 5.11 Å². The van der Waals surface area contributed by atoms with Crippen LogP contribution in [0.4, 0.5) is 11.5 Å². The summed E-state index contributed by atoms with van der Waals surface area (Å²) in [6.07, 6.45) is 2.36. The molecule has 3 aromatic rings. The molecule has 0 atom stereocenters. The molecule has 5 nitrogen and oxygen atoms in total. The van der Waals surface area contributed by atoms with Gasteiger partial charge in [-0.3, -0.25) is 0 Å². The summed E-state index contributed by atoms with van der Waals surface area (Å²) in [5.74, 6) is 1.17. The molecule has 1 aromatic heterocycles. The average molecular weight is 388 g/mol. The van der Waals surface area contributed by atoms with Crippen LogP contribution in [-0.4, -0.2) is 27.0 Å². The molecule has 3 rings (SSSR count). The number of alkyl halides is 1. The maximum absolute atomic E-state index is 10.2. The number of aromatic hydroxyl groups is 1. The molecular weight excluding hydrogens is 370 g/mol. The number of halogens is 1. The van der Waals surface area contributed by atoms with Crippen molar-refractivity contribution in [1.82, 2.24) is 9.97 Å². The first kappa shape index (κ1) is 16.5. The van der Waals surface area contributed by atoms with Crippen LogP contribution in [0.3, 0.4) is 0 Å². The van der Waals surface area contributed by atoms with Gasteiger partial charge < -0.3 is 15.2 Å². The number of aryl methyl sites for hydroxylation is 1. The highest BCUT2D eigenvalue weighted by molar-refractivity contribution is 9.09. The first-order valence-corrected chi connectivity index (χ1v) is 8.80. The summed E-state index contributed by atoms with van der Waals surface area (Å²) in [6, 6.07) is 11.3. The lowest BCUT2D eigenvalue weighted by molar-refractivity contribution is 0.301. The van der Waals surface area contributed by atoms with E-state index in [0.29, 0.717) is 23.7 Å². The molecule has 0 radical (unpaired) electrons. The van der Waals surface area contributed by atoms with Crippen molar-refractivity contribution in [1.29, 1.82) is 0 Å². The molecule has 0 aliphatic carbocycles. The van der Waals surface area contributed by atoms with Crippen molar-refractivity contribution in [3.8, 4) is 11.5 Å². The summed E-state index contributed by atoms with van der Waals surface area (Å²) in [6.45, 7) is 2.56. The van der Waals surface area contributed by atoms with Gasteiger partial charge in [0, 0.05) is 22.5 Å². The highest BCUT2D eigenvalue weighted by Crippen LogP contribution is 2.34. The maximum Gasteiger partial charge on any atom is 0.163 e. The Labute approximate surface area is 148 Å². The van der Waals surface area contributed by atoms with Crippen LogP contribution < -0.4 is 10.1 Å². The van der Waals surface area contributed by atoms with E-state index in [1.165, 1.54) is 6.33 Å². The van der Waals surface area contributed by atoms with Gasteiger partial charge in [-0.25, -0.2) is 9.97 Å². The lowest BCUT2D eigenvalue weighted by Crippen LogP contribution is -2.00. The number of fused-ring (bicyclic) bond motifs is 1. The van der Waals surface area contributed by atoms with Crippen LogP contribution in [0.5, 0.6) is 11.5 Å². The number of benzene rings is 2. The van der Waals surface area contributed by atoms with Crippen LogP contribution in [0.15, 0.2) is 42.7 Å². The van der Waals surface area contributed by atoms with Gasteiger partial charge in [-0.15, -0.1) is 0 Å². The van der Waals surface area contributed by atoms with Crippen molar-refractivity contribution in [2.45, 2.75) is 13.3 Å². The monoisotopic (exact) mass is 387 g/mol. The van der Waals surface area contributed by atoms with E-state index in [0.717, 1.165) is 28.4 Å². The zero-order valence-corrected chi connectivity index (χ0v) is 14.9. The second-order valence-electron chi connectivity index (χ2n) is 5.39. The van der Waals surface area contributed by atoms with Crippen molar-refractivity contribution in [2.24, 2.45) is 0 Å². The Hall–Kier alpha value is -2.34. The Kier molecular flexibility index (Phi) is 5.15. The summed E-state index contributed by atoms with van der Waals surface area (Å²) < 4.78 is 5.60. The van der Waals surface area contributed by atoms with Gasteiger partial charge in [-0.1, -0.05) is 34.1 Å². The predicted octanol–water partition coefficient (Wildman–Crippen LogP) is 4.55. The normalized spacial score (nSPS) is 10.8. The number of ether oxygens (including phenoxy) is 1. The second-order valence-corrected chi connectivity index (χ2v) is 6.18. The maximum atomic E-state index is 10.2. The van der Waals surface area contributed by atoms with Crippen LogP contribution in [0, 0.1) is 6.92 Å². The van der Waals surface area contributed by atoms with Crippen molar-refractivity contribution < 1.29 is 9.84 Å². The van der Waals surface area contributed by atoms with Crippen LogP contribution in [0.2, 0.25) is 0 Å². The quantitative estimate of drug-likeness (QED) is 0.479. The summed E-state index contributed by atoms with van der Waals surface area (Å²) in [4.78, 5) is 8.59. The van der Waals surface area contributed by atoms with Gasteiger partial charge in [0.05, 0.1) is 12.1 Å². The number of hydrogen-bond donors (Lipinski definition) is 2. The van der Waals surface area contributed by atoms with E-state index >= 15 is 0 Å². The van der Waals surface area contributed by atoms with Crippen molar-refractivity contribution in [3.05, 3.63) is 48.3 Å². The minimum absolute atomic E-state index is 0.0831. The van der Waals surface area contributed by atoms with Crippen molar-refractivity contribution in [3.63, 3.8) is 0 Å². The van der Waals surface area contributed by atoms with Crippen LogP contribution in [0.1, 0.15) is 12.0 Å². The fourth-order valence-corrected chi connectivity index (χ4v) is 2.59. The number of anilines is 2. The Morgan fingerprint density at radius 3 is 2.83 bits per heavy atom. The van der Waals surface area contributed by atoms with E-state index in [1.807, 2.05) is 31.2 Å². The van der Waals surface area contributed by atoms with Gasteiger partial charge in [-0.2, -0.15) is 0 Å². The predicted molar refractivity (Wildman–Crippen MR) is 99.6 cm³/mol. The van der Waals surface area contributed by atoms with Gasteiger partial charge in [-0.05, 0) is 31.0 Å². The third kappa shape index (κ3) is 3.59. The number of aromatic nitrogens is 2.